The minimum atomic E-state index is -0.555. The number of nitrogens with zero attached hydrogens (tertiary/aromatic N) is 2. The Morgan fingerprint density at radius 2 is 2.09 bits per heavy atom. The molecule has 0 radical (unpaired) electrons. The van der Waals surface area contributed by atoms with E-state index in [-0.39, 0.29) is 24.3 Å². The van der Waals surface area contributed by atoms with Crippen molar-refractivity contribution in [2.24, 2.45) is 0 Å². The number of carbonyl (C=O) groups excluding carboxylic acids is 2. The number of nitrogens with one attached hydrogen (secondary N) is 1. The van der Waals surface area contributed by atoms with Crippen LogP contribution in [0.1, 0.15) is 62.3 Å². The minimum absolute atomic E-state index is 0.0481. The molecule has 0 saturated heterocycles. The van der Waals surface area contributed by atoms with E-state index in [0.29, 0.717) is 18.7 Å². The molecule has 2 rings (SSSR count). The average molecular weight is 309 g/mol. The summed E-state index contributed by atoms with van der Waals surface area (Å²) in [6.07, 6.45) is -0.388. The first kappa shape index (κ1) is 16.3. The molecule has 0 spiro atoms. The van der Waals surface area contributed by atoms with Gasteiger partial charge in [-0.2, -0.15) is 5.10 Å². The van der Waals surface area contributed by atoms with Crippen molar-refractivity contribution in [2.45, 2.75) is 52.7 Å². The second kappa shape index (κ2) is 5.98. The number of fused-ring (bicyclic) bond motifs is 1. The average Bonchev–Trinajstić information content (AvgIpc) is 2.81. The molecule has 1 aromatic rings. The number of esters is 1. The Bertz CT molecular complexity index is 574. The number of rotatable bonds is 2. The van der Waals surface area contributed by atoms with Gasteiger partial charge in [0.25, 0.3) is 0 Å². The molecule has 1 aliphatic heterocycles. The van der Waals surface area contributed by atoms with Gasteiger partial charge in [0.2, 0.25) is 0 Å². The highest BCUT2D eigenvalue weighted by molar-refractivity contribution is 5.89. The van der Waals surface area contributed by atoms with Crippen molar-refractivity contribution < 1.29 is 19.1 Å². The van der Waals surface area contributed by atoms with E-state index in [4.69, 9.17) is 9.47 Å². The van der Waals surface area contributed by atoms with E-state index in [0.717, 1.165) is 5.69 Å². The second-order valence-electron chi connectivity index (χ2n) is 6.45. The highest BCUT2D eigenvalue weighted by Gasteiger charge is 2.34. The summed E-state index contributed by atoms with van der Waals surface area (Å²) in [5.74, 6) is -0.426. The largest absolute Gasteiger partial charge is 0.461 e. The Kier molecular flexibility index (Phi) is 4.44. The second-order valence-corrected chi connectivity index (χ2v) is 6.45. The summed E-state index contributed by atoms with van der Waals surface area (Å²) in [5.41, 5.74) is 1.28. The fraction of sp³-hybridized carbons (Fsp3) is 0.667. The van der Waals surface area contributed by atoms with Gasteiger partial charge in [0.05, 0.1) is 13.2 Å². The van der Waals surface area contributed by atoms with E-state index in [2.05, 4.69) is 10.2 Å². The summed E-state index contributed by atoms with van der Waals surface area (Å²) in [6.45, 7) is 10.3. The number of H-pyrrole nitrogens is 1. The molecule has 1 atom stereocenters. The maximum atomic E-state index is 12.3. The Hall–Kier alpha value is -2.05. The van der Waals surface area contributed by atoms with Gasteiger partial charge in [0, 0.05) is 23.7 Å². The van der Waals surface area contributed by atoms with E-state index < -0.39 is 11.6 Å². The monoisotopic (exact) mass is 309 g/mol. The van der Waals surface area contributed by atoms with E-state index in [1.54, 1.807) is 11.8 Å². The molecule has 22 heavy (non-hydrogen) atoms. The van der Waals surface area contributed by atoms with E-state index >= 15 is 0 Å². The van der Waals surface area contributed by atoms with Gasteiger partial charge in [-0.25, -0.2) is 9.59 Å². The first-order valence-electron chi connectivity index (χ1n) is 7.45. The first-order chi connectivity index (χ1) is 10.2. The normalized spacial score (nSPS) is 17.9. The molecule has 7 nitrogen and oxygen atoms in total. The predicted molar refractivity (Wildman–Crippen MR) is 79.6 cm³/mol. The molecule has 122 valence electrons. The zero-order chi connectivity index (χ0) is 16.5. The van der Waals surface area contributed by atoms with Crippen molar-refractivity contribution in [3.8, 4) is 0 Å². The van der Waals surface area contributed by atoms with Gasteiger partial charge in [0.15, 0.2) is 5.69 Å². The fourth-order valence-corrected chi connectivity index (χ4v) is 2.46. The quantitative estimate of drug-likeness (QED) is 0.848. The van der Waals surface area contributed by atoms with Crippen molar-refractivity contribution >= 4 is 12.1 Å². The van der Waals surface area contributed by atoms with Crippen LogP contribution in [0.2, 0.25) is 0 Å². The van der Waals surface area contributed by atoms with Crippen LogP contribution < -0.4 is 0 Å². The van der Waals surface area contributed by atoms with Gasteiger partial charge in [-0.15, -0.1) is 0 Å². The lowest BCUT2D eigenvalue weighted by molar-refractivity contribution is 0.0204. The van der Waals surface area contributed by atoms with Gasteiger partial charge in [-0.05, 0) is 27.7 Å². The van der Waals surface area contributed by atoms with Gasteiger partial charge >= 0.3 is 12.1 Å². The Morgan fingerprint density at radius 3 is 2.68 bits per heavy atom. The molecule has 0 saturated carbocycles. The van der Waals surface area contributed by atoms with Crippen LogP contribution in [0.4, 0.5) is 4.79 Å². The van der Waals surface area contributed by atoms with E-state index in [9.17, 15) is 9.59 Å². The number of aromatic amines is 1. The predicted octanol–water partition coefficient (Wildman–Crippen LogP) is 2.44. The molecular formula is C15H23N3O4. The third-order valence-corrected chi connectivity index (χ3v) is 3.36. The highest BCUT2D eigenvalue weighted by Crippen LogP contribution is 2.29. The molecular weight excluding hydrogens is 286 g/mol. The molecule has 1 aromatic heterocycles. The van der Waals surface area contributed by atoms with E-state index in [1.807, 2.05) is 27.7 Å². The summed E-state index contributed by atoms with van der Waals surface area (Å²) in [7, 11) is 0. The maximum Gasteiger partial charge on any atom is 0.410 e. The summed E-state index contributed by atoms with van der Waals surface area (Å²) in [4.78, 5) is 25.8. The van der Waals surface area contributed by atoms with Crippen molar-refractivity contribution in [1.82, 2.24) is 15.1 Å². The minimum Gasteiger partial charge on any atom is -0.461 e. The van der Waals surface area contributed by atoms with Crippen LogP contribution in [0.15, 0.2) is 0 Å². The standard InChI is InChI=1S/C15H23N3O4/c1-6-21-13(19)12-10-8-18(14(20)22-15(3,4)5)7-9(2)11(10)16-17-12/h9H,6-8H2,1-5H3,(H,16,17)/t9-/m1/s1. The highest BCUT2D eigenvalue weighted by atomic mass is 16.6. The van der Waals surface area contributed by atoms with Gasteiger partial charge < -0.3 is 14.4 Å². The van der Waals surface area contributed by atoms with E-state index in [1.165, 1.54) is 0 Å². The number of carbonyl (C=O) groups is 2. The van der Waals surface area contributed by atoms with Crippen LogP contribution >= 0.6 is 0 Å². The number of aromatic nitrogens is 2. The van der Waals surface area contributed by atoms with Crippen LogP contribution in [0.5, 0.6) is 0 Å². The van der Waals surface area contributed by atoms with Crippen molar-refractivity contribution in [2.75, 3.05) is 13.2 Å². The van der Waals surface area contributed by atoms with Gasteiger partial charge in [-0.3, -0.25) is 5.10 Å². The lowest BCUT2D eigenvalue weighted by Crippen LogP contribution is -2.41. The number of hydrogen-bond acceptors (Lipinski definition) is 5. The van der Waals surface area contributed by atoms with Crippen LogP contribution in [0, 0.1) is 0 Å². The summed E-state index contributed by atoms with van der Waals surface area (Å²) < 4.78 is 10.4. The summed E-state index contributed by atoms with van der Waals surface area (Å²) in [6, 6.07) is 0. The van der Waals surface area contributed by atoms with Crippen LogP contribution in [0.3, 0.4) is 0 Å². The summed E-state index contributed by atoms with van der Waals surface area (Å²) >= 11 is 0. The molecule has 0 unspecified atom stereocenters. The Labute approximate surface area is 130 Å². The molecule has 0 bridgehead atoms. The zero-order valence-corrected chi connectivity index (χ0v) is 13.7. The van der Waals surface area contributed by atoms with Crippen molar-refractivity contribution in [1.29, 1.82) is 0 Å². The third-order valence-electron chi connectivity index (χ3n) is 3.36. The van der Waals surface area contributed by atoms with Crippen LogP contribution in [-0.2, 0) is 16.0 Å². The fourth-order valence-electron chi connectivity index (χ4n) is 2.46. The molecule has 2 heterocycles. The van der Waals surface area contributed by atoms with Crippen molar-refractivity contribution in [3.05, 3.63) is 17.0 Å². The summed E-state index contributed by atoms with van der Waals surface area (Å²) in [5, 5.41) is 6.95. The SMILES string of the molecule is CCOC(=O)c1n[nH]c2c1CN(C(=O)OC(C)(C)C)C[C@H]2C. The number of amides is 1. The smallest absolute Gasteiger partial charge is 0.410 e. The molecule has 1 aliphatic rings. The molecule has 7 heteroatoms. The molecule has 0 fully saturated rings. The van der Waals surface area contributed by atoms with Crippen LogP contribution in [0.25, 0.3) is 0 Å². The topological polar surface area (TPSA) is 84.5 Å². The molecule has 0 aliphatic carbocycles. The molecule has 1 N–H and O–H groups in total. The zero-order valence-electron chi connectivity index (χ0n) is 13.7. The maximum absolute atomic E-state index is 12.3. The first-order valence-corrected chi connectivity index (χ1v) is 7.45. The third kappa shape index (κ3) is 3.40. The van der Waals surface area contributed by atoms with Crippen LogP contribution in [-0.4, -0.2) is 45.9 Å². The Balaban J connectivity index is 2.22. The Morgan fingerprint density at radius 1 is 1.41 bits per heavy atom. The lowest BCUT2D eigenvalue weighted by Gasteiger charge is -2.32. The van der Waals surface area contributed by atoms with Gasteiger partial charge in [-0.1, -0.05) is 6.92 Å². The van der Waals surface area contributed by atoms with Gasteiger partial charge in [0.1, 0.15) is 5.60 Å². The molecule has 1 amide bonds. The van der Waals surface area contributed by atoms with Crippen molar-refractivity contribution in [3.63, 3.8) is 0 Å². The number of ether oxygens (including phenoxy) is 2. The number of hydrogen-bond donors (Lipinski definition) is 1. The lowest BCUT2D eigenvalue weighted by atomic mass is 9.97. The molecule has 0 aromatic carbocycles.